The lowest BCUT2D eigenvalue weighted by molar-refractivity contribution is -0.120. The van der Waals surface area contributed by atoms with E-state index in [9.17, 15) is 4.79 Å². The summed E-state index contributed by atoms with van der Waals surface area (Å²) in [6.07, 6.45) is 0.882. The van der Waals surface area contributed by atoms with Gasteiger partial charge in [-0.25, -0.2) is 0 Å². The molecule has 94 valence electrons. The van der Waals surface area contributed by atoms with Crippen LogP contribution < -0.4 is 5.73 Å². The zero-order valence-corrected chi connectivity index (χ0v) is 11.6. The van der Waals surface area contributed by atoms with Crippen LogP contribution in [0.1, 0.15) is 25.8 Å². The fourth-order valence-corrected chi connectivity index (χ4v) is 2.18. The number of hydrogen-bond donors (Lipinski definition) is 1. The predicted octanol–water partition coefficient (Wildman–Crippen LogP) is 3.48. The molecule has 1 aromatic rings. The Morgan fingerprint density at radius 3 is 2.29 bits per heavy atom. The number of carbonyl (C=O) groups is 1. The second kappa shape index (κ2) is 6.39. The molecule has 0 saturated heterocycles. The van der Waals surface area contributed by atoms with E-state index in [1.807, 2.05) is 13.8 Å². The van der Waals surface area contributed by atoms with Gasteiger partial charge in [-0.05, 0) is 30.0 Å². The van der Waals surface area contributed by atoms with E-state index in [-0.39, 0.29) is 12.2 Å². The molecule has 0 aliphatic carbocycles. The van der Waals surface area contributed by atoms with Gasteiger partial charge in [-0.1, -0.05) is 43.1 Å². The molecule has 0 aromatic heterocycles. The summed E-state index contributed by atoms with van der Waals surface area (Å²) in [5, 5.41) is 1.03. The molecule has 0 aliphatic rings. The summed E-state index contributed by atoms with van der Waals surface area (Å²) in [5.41, 5.74) is 6.50. The first-order valence-corrected chi connectivity index (χ1v) is 6.38. The highest BCUT2D eigenvalue weighted by molar-refractivity contribution is 6.36. The van der Waals surface area contributed by atoms with Gasteiger partial charge in [0, 0.05) is 16.5 Å². The van der Waals surface area contributed by atoms with Gasteiger partial charge in [0.05, 0.1) is 6.04 Å². The number of carbonyl (C=O) groups excluding carboxylic acids is 1. The lowest BCUT2D eigenvalue weighted by Gasteiger charge is -2.14. The van der Waals surface area contributed by atoms with E-state index in [1.165, 1.54) is 0 Å². The topological polar surface area (TPSA) is 43.1 Å². The van der Waals surface area contributed by atoms with Crippen LogP contribution in [0, 0.1) is 5.92 Å². The lowest BCUT2D eigenvalue weighted by atomic mass is 9.97. The highest BCUT2D eigenvalue weighted by atomic mass is 35.5. The first-order valence-electron chi connectivity index (χ1n) is 5.63. The van der Waals surface area contributed by atoms with Crippen LogP contribution >= 0.6 is 23.2 Å². The molecule has 2 N–H and O–H groups in total. The van der Waals surface area contributed by atoms with Crippen LogP contribution in [-0.2, 0) is 11.2 Å². The number of halogens is 2. The molecule has 17 heavy (non-hydrogen) atoms. The Morgan fingerprint density at radius 2 is 1.82 bits per heavy atom. The Bertz CT molecular complexity index is 384. The minimum Gasteiger partial charge on any atom is -0.321 e. The quantitative estimate of drug-likeness (QED) is 0.893. The Balaban J connectivity index is 2.74. The van der Waals surface area contributed by atoms with Crippen LogP contribution in [0.4, 0.5) is 0 Å². The van der Waals surface area contributed by atoms with E-state index < -0.39 is 6.04 Å². The molecule has 0 saturated carbocycles. The molecule has 1 atom stereocenters. The smallest absolute Gasteiger partial charge is 0.153 e. The molecule has 1 aromatic carbocycles. The number of Topliss-reactive ketones (excluding diaryl/α,β-unsaturated/α-hetero) is 1. The maximum atomic E-state index is 11.9. The summed E-state index contributed by atoms with van der Waals surface area (Å²) in [6, 6.07) is 4.77. The lowest BCUT2D eigenvalue weighted by Crippen LogP contribution is -2.33. The van der Waals surface area contributed by atoms with Crippen LogP contribution in [0.15, 0.2) is 18.2 Å². The molecule has 0 bridgehead atoms. The van der Waals surface area contributed by atoms with Crippen molar-refractivity contribution in [1.29, 1.82) is 0 Å². The van der Waals surface area contributed by atoms with Gasteiger partial charge in [0.25, 0.3) is 0 Å². The van der Waals surface area contributed by atoms with E-state index in [2.05, 4.69) is 0 Å². The summed E-state index contributed by atoms with van der Waals surface area (Å²) in [6.45, 7) is 4.07. The van der Waals surface area contributed by atoms with Gasteiger partial charge in [-0.3, -0.25) is 4.79 Å². The molecule has 0 amide bonds. The monoisotopic (exact) mass is 273 g/mol. The highest BCUT2D eigenvalue weighted by Crippen LogP contribution is 2.25. The van der Waals surface area contributed by atoms with Gasteiger partial charge in [-0.15, -0.1) is 0 Å². The van der Waals surface area contributed by atoms with Crippen LogP contribution in [-0.4, -0.2) is 11.8 Å². The van der Waals surface area contributed by atoms with Crippen molar-refractivity contribution in [1.82, 2.24) is 0 Å². The van der Waals surface area contributed by atoms with Gasteiger partial charge in [0.15, 0.2) is 5.78 Å². The average molecular weight is 274 g/mol. The standard InChI is InChI=1S/C13H17Cl2NO/c1-8(2)6-12(16)13(17)7-9-10(14)4-3-5-11(9)15/h3-5,8,12H,6-7,16H2,1-2H3. The maximum absolute atomic E-state index is 11.9. The van der Waals surface area contributed by atoms with E-state index in [1.54, 1.807) is 18.2 Å². The Kier molecular flexibility index (Phi) is 5.44. The third kappa shape index (κ3) is 4.30. The molecule has 1 rings (SSSR count). The number of rotatable bonds is 5. The van der Waals surface area contributed by atoms with E-state index in [0.29, 0.717) is 27.9 Å². The van der Waals surface area contributed by atoms with Crippen molar-refractivity contribution < 1.29 is 4.79 Å². The largest absolute Gasteiger partial charge is 0.321 e. The zero-order valence-electron chi connectivity index (χ0n) is 10.0. The van der Waals surface area contributed by atoms with Gasteiger partial charge in [0.2, 0.25) is 0 Å². The van der Waals surface area contributed by atoms with Crippen molar-refractivity contribution in [2.75, 3.05) is 0 Å². The van der Waals surface area contributed by atoms with Crippen molar-refractivity contribution in [3.8, 4) is 0 Å². The van der Waals surface area contributed by atoms with Gasteiger partial charge < -0.3 is 5.73 Å². The molecular formula is C13H17Cl2NO. The maximum Gasteiger partial charge on any atom is 0.153 e. The Labute approximate surface area is 112 Å². The first-order chi connectivity index (χ1) is 7.91. The molecule has 4 heteroatoms. The predicted molar refractivity (Wildman–Crippen MR) is 72.6 cm³/mol. The normalized spacial score (nSPS) is 12.8. The fraction of sp³-hybridized carbons (Fsp3) is 0.462. The SMILES string of the molecule is CC(C)CC(N)C(=O)Cc1c(Cl)cccc1Cl. The third-order valence-electron chi connectivity index (χ3n) is 2.55. The van der Waals surface area contributed by atoms with E-state index >= 15 is 0 Å². The number of benzene rings is 1. The molecule has 0 radical (unpaired) electrons. The van der Waals surface area contributed by atoms with Crippen LogP contribution in [0.3, 0.4) is 0 Å². The number of hydrogen-bond acceptors (Lipinski definition) is 2. The van der Waals surface area contributed by atoms with Crippen LogP contribution in [0.2, 0.25) is 10.0 Å². The summed E-state index contributed by atoms with van der Waals surface area (Å²) in [7, 11) is 0. The van der Waals surface area contributed by atoms with Crippen LogP contribution in [0.5, 0.6) is 0 Å². The molecular weight excluding hydrogens is 257 g/mol. The second-order valence-corrected chi connectivity index (χ2v) is 5.39. The minimum atomic E-state index is -0.442. The fourth-order valence-electron chi connectivity index (χ4n) is 1.65. The van der Waals surface area contributed by atoms with E-state index in [0.717, 1.165) is 0 Å². The van der Waals surface area contributed by atoms with Gasteiger partial charge >= 0.3 is 0 Å². The highest BCUT2D eigenvalue weighted by Gasteiger charge is 2.18. The second-order valence-electron chi connectivity index (χ2n) is 4.58. The van der Waals surface area contributed by atoms with Crippen molar-refractivity contribution in [3.63, 3.8) is 0 Å². The number of nitrogens with two attached hydrogens (primary N) is 1. The van der Waals surface area contributed by atoms with E-state index in [4.69, 9.17) is 28.9 Å². The Hall–Kier alpha value is -0.570. The minimum absolute atomic E-state index is 0.0197. The Morgan fingerprint density at radius 1 is 1.29 bits per heavy atom. The van der Waals surface area contributed by atoms with Gasteiger partial charge in [0.1, 0.15) is 0 Å². The summed E-state index contributed by atoms with van der Waals surface area (Å²) in [4.78, 5) is 11.9. The van der Waals surface area contributed by atoms with Crippen molar-refractivity contribution in [2.24, 2.45) is 11.7 Å². The zero-order chi connectivity index (χ0) is 13.0. The molecule has 0 spiro atoms. The average Bonchev–Trinajstić information content (AvgIpc) is 2.22. The molecule has 1 unspecified atom stereocenters. The summed E-state index contributed by atoms with van der Waals surface area (Å²) >= 11 is 12.0. The van der Waals surface area contributed by atoms with Crippen molar-refractivity contribution in [2.45, 2.75) is 32.7 Å². The van der Waals surface area contributed by atoms with Crippen molar-refractivity contribution >= 4 is 29.0 Å². The summed E-state index contributed by atoms with van der Waals surface area (Å²) in [5.74, 6) is 0.379. The third-order valence-corrected chi connectivity index (χ3v) is 3.26. The van der Waals surface area contributed by atoms with Crippen molar-refractivity contribution in [3.05, 3.63) is 33.8 Å². The van der Waals surface area contributed by atoms with Gasteiger partial charge in [-0.2, -0.15) is 0 Å². The molecule has 0 fully saturated rings. The molecule has 0 aliphatic heterocycles. The first kappa shape index (κ1) is 14.5. The summed E-state index contributed by atoms with van der Waals surface area (Å²) < 4.78 is 0. The molecule has 2 nitrogen and oxygen atoms in total. The molecule has 0 heterocycles. The number of ketones is 1. The van der Waals surface area contributed by atoms with Crippen LogP contribution in [0.25, 0.3) is 0 Å².